The van der Waals surface area contributed by atoms with Gasteiger partial charge in [0.1, 0.15) is 11.3 Å². The summed E-state index contributed by atoms with van der Waals surface area (Å²) >= 11 is 0. The van der Waals surface area contributed by atoms with Crippen LogP contribution in [0.15, 0.2) is 24.4 Å². The smallest absolute Gasteiger partial charge is 0.376 e. The molecule has 1 N–H and O–H groups in total. The van der Waals surface area contributed by atoms with E-state index >= 15 is 0 Å². The number of fused-ring (bicyclic) bond motifs is 2. The number of imidazole rings is 1. The highest BCUT2D eigenvalue weighted by molar-refractivity contribution is 5.94. The molecule has 1 aliphatic rings. The molecule has 0 unspecified atom stereocenters. The van der Waals surface area contributed by atoms with E-state index in [4.69, 9.17) is 4.74 Å². The first-order valence-corrected chi connectivity index (χ1v) is 8.81. The highest BCUT2D eigenvalue weighted by Crippen LogP contribution is 2.34. The molecule has 0 saturated carbocycles. The van der Waals surface area contributed by atoms with Crippen LogP contribution < -0.4 is 5.32 Å². The number of halogens is 3. The largest absolute Gasteiger partial charge is 0.435 e. The molecule has 0 aliphatic carbocycles. The SMILES string of the molecule is Cc1nc2ccccn2c1C(=O)NCCn1nc(C(F)(F)F)c2c1CCOC2. The van der Waals surface area contributed by atoms with Gasteiger partial charge in [-0.2, -0.15) is 18.3 Å². The number of hydrogen-bond donors (Lipinski definition) is 1. The highest BCUT2D eigenvalue weighted by atomic mass is 19.4. The fourth-order valence-electron chi connectivity index (χ4n) is 3.47. The van der Waals surface area contributed by atoms with Crippen molar-refractivity contribution in [2.75, 3.05) is 13.2 Å². The van der Waals surface area contributed by atoms with Gasteiger partial charge < -0.3 is 10.1 Å². The number of alkyl halides is 3. The van der Waals surface area contributed by atoms with Gasteiger partial charge in [0.25, 0.3) is 5.91 Å². The Labute approximate surface area is 158 Å². The van der Waals surface area contributed by atoms with Crippen LogP contribution in [-0.2, 0) is 30.5 Å². The molecule has 3 aromatic rings. The van der Waals surface area contributed by atoms with E-state index in [2.05, 4.69) is 15.4 Å². The van der Waals surface area contributed by atoms with E-state index in [1.807, 2.05) is 6.07 Å². The zero-order chi connectivity index (χ0) is 19.9. The van der Waals surface area contributed by atoms with Crippen LogP contribution in [-0.4, -0.2) is 38.2 Å². The molecule has 1 amide bonds. The zero-order valence-corrected chi connectivity index (χ0v) is 15.1. The Morgan fingerprint density at radius 2 is 2.18 bits per heavy atom. The standard InChI is InChI=1S/C18H18F3N5O2/c1-11-15(25-7-3-2-4-14(25)23-11)17(27)22-6-8-26-13-5-9-28-10-12(13)16(24-26)18(19,20)21/h2-4,7H,5-6,8-10H2,1H3,(H,22,27). The minimum Gasteiger partial charge on any atom is -0.376 e. The van der Waals surface area contributed by atoms with Crippen molar-refractivity contribution in [3.63, 3.8) is 0 Å². The lowest BCUT2D eigenvalue weighted by atomic mass is 10.1. The maximum Gasteiger partial charge on any atom is 0.435 e. The number of ether oxygens (including phenoxy) is 1. The second kappa shape index (κ2) is 6.93. The van der Waals surface area contributed by atoms with Crippen LogP contribution in [0.5, 0.6) is 0 Å². The molecule has 0 fully saturated rings. The number of nitrogens with one attached hydrogen (secondary N) is 1. The molecule has 3 aromatic heterocycles. The second-order valence-electron chi connectivity index (χ2n) is 6.53. The van der Waals surface area contributed by atoms with Crippen LogP contribution in [0.1, 0.15) is 33.1 Å². The summed E-state index contributed by atoms with van der Waals surface area (Å²) in [6.45, 7) is 2.27. The molecule has 0 bridgehead atoms. The van der Waals surface area contributed by atoms with Gasteiger partial charge in [0.15, 0.2) is 5.69 Å². The molecule has 4 heterocycles. The molecular weight excluding hydrogens is 375 g/mol. The summed E-state index contributed by atoms with van der Waals surface area (Å²) in [7, 11) is 0. The Morgan fingerprint density at radius 3 is 2.96 bits per heavy atom. The number of pyridine rings is 1. The van der Waals surface area contributed by atoms with E-state index in [0.717, 1.165) is 0 Å². The summed E-state index contributed by atoms with van der Waals surface area (Å²) in [5.74, 6) is -0.336. The summed E-state index contributed by atoms with van der Waals surface area (Å²) < 4.78 is 47.8. The number of aryl methyl sites for hydroxylation is 1. The lowest BCUT2D eigenvalue weighted by Crippen LogP contribution is -2.29. The van der Waals surface area contributed by atoms with Crippen LogP contribution >= 0.6 is 0 Å². The quantitative estimate of drug-likeness (QED) is 0.739. The zero-order valence-electron chi connectivity index (χ0n) is 15.1. The van der Waals surface area contributed by atoms with E-state index in [1.54, 1.807) is 29.7 Å². The Morgan fingerprint density at radius 1 is 1.36 bits per heavy atom. The lowest BCUT2D eigenvalue weighted by molar-refractivity contribution is -0.142. The van der Waals surface area contributed by atoms with E-state index in [-0.39, 0.29) is 31.2 Å². The lowest BCUT2D eigenvalue weighted by Gasteiger charge is -2.15. The third-order valence-electron chi connectivity index (χ3n) is 4.69. The fraction of sp³-hybridized carbons (Fsp3) is 0.389. The van der Waals surface area contributed by atoms with Crippen molar-refractivity contribution in [3.8, 4) is 0 Å². The Kier molecular flexibility index (Phi) is 4.58. The number of nitrogens with zero attached hydrogens (tertiary/aromatic N) is 4. The van der Waals surface area contributed by atoms with Crippen molar-refractivity contribution in [3.05, 3.63) is 52.7 Å². The van der Waals surface area contributed by atoms with Crippen LogP contribution in [0.25, 0.3) is 5.65 Å². The molecule has 10 heteroatoms. The first-order chi connectivity index (χ1) is 13.4. The number of carbonyl (C=O) groups is 1. The van der Waals surface area contributed by atoms with E-state index in [0.29, 0.717) is 35.8 Å². The molecule has 148 valence electrons. The van der Waals surface area contributed by atoms with Crippen LogP contribution in [0.2, 0.25) is 0 Å². The van der Waals surface area contributed by atoms with Crippen LogP contribution in [0.4, 0.5) is 13.2 Å². The van der Waals surface area contributed by atoms with Crippen molar-refractivity contribution >= 4 is 11.6 Å². The molecule has 0 atom stereocenters. The number of carbonyl (C=O) groups excluding carboxylic acids is 1. The van der Waals surface area contributed by atoms with Crippen molar-refractivity contribution in [2.45, 2.75) is 32.7 Å². The topological polar surface area (TPSA) is 73.5 Å². The monoisotopic (exact) mass is 393 g/mol. The maximum atomic E-state index is 13.2. The minimum atomic E-state index is -4.53. The molecule has 28 heavy (non-hydrogen) atoms. The third-order valence-corrected chi connectivity index (χ3v) is 4.69. The second-order valence-corrected chi connectivity index (χ2v) is 6.53. The number of amides is 1. The molecule has 0 saturated heterocycles. The van der Waals surface area contributed by atoms with Gasteiger partial charge in [-0.3, -0.25) is 13.9 Å². The van der Waals surface area contributed by atoms with E-state index in [1.165, 1.54) is 4.68 Å². The van der Waals surface area contributed by atoms with Gasteiger partial charge in [0.2, 0.25) is 0 Å². The summed E-state index contributed by atoms with van der Waals surface area (Å²) in [5.41, 5.74) is 1.33. The average molecular weight is 393 g/mol. The first-order valence-electron chi connectivity index (χ1n) is 8.81. The fourth-order valence-corrected chi connectivity index (χ4v) is 3.47. The third kappa shape index (κ3) is 3.24. The van der Waals surface area contributed by atoms with Crippen LogP contribution in [0, 0.1) is 6.92 Å². The maximum absolute atomic E-state index is 13.2. The van der Waals surface area contributed by atoms with Crippen LogP contribution in [0.3, 0.4) is 0 Å². The van der Waals surface area contributed by atoms with E-state index in [9.17, 15) is 18.0 Å². The van der Waals surface area contributed by atoms with E-state index < -0.39 is 11.9 Å². The summed E-state index contributed by atoms with van der Waals surface area (Å²) in [5, 5.41) is 6.48. The molecule has 0 radical (unpaired) electrons. The molecule has 0 spiro atoms. The van der Waals surface area contributed by atoms with Gasteiger partial charge in [0, 0.05) is 30.4 Å². The summed E-state index contributed by atoms with van der Waals surface area (Å²) in [6.07, 6.45) is -2.44. The molecule has 4 rings (SSSR count). The summed E-state index contributed by atoms with van der Waals surface area (Å²) in [4.78, 5) is 16.9. The van der Waals surface area contributed by atoms with Gasteiger partial charge in [0.05, 0.1) is 25.5 Å². The van der Waals surface area contributed by atoms with Crippen molar-refractivity contribution < 1.29 is 22.7 Å². The van der Waals surface area contributed by atoms with Gasteiger partial charge >= 0.3 is 6.18 Å². The van der Waals surface area contributed by atoms with Gasteiger partial charge in [-0.15, -0.1) is 0 Å². The Hall–Kier alpha value is -2.88. The molecule has 7 nitrogen and oxygen atoms in total. The average Bonchev–Trinajstić information content (AvgIpc) is 3.19. The predicted molar refractivity (Wildman–Crippen MR) is 92.9 cm³/mol. The van der Waals surface area contributed by atoms with Crippen molar-refractivity contribution in [1.29, 1.82) is 0 Å². The molecule has 1 aliphatic heterocycles. The number of aromatic nitrogens is 4. The van der Waals surface area contributed by atoms with Crippen molar-refractivity contribution in [2.24, 2.45) is 0 Å². The minimum absolute atomic E-state index is 0.0858. The van der Waals surface area contributed by atoms with Gasteiger partial charge in [-0.1, -0.05) is 6.07 Å². The highest BCUT2D eigenvalue weighted by Gasteiger charge is 2.39. The van der Waals surface area contributed by atoms with Gasteiger partial charge in [-0.05, 0) is 19.1 Å². The normalized spacial score (nSPS) is 14.3. The predicted octanol–water partition coefficient (Wildman–Crippen LogP) is 2.36. The molecular formula is C18H18F3N5O2. The van der Waals surface area contributed by atoms with Crippen molar-refractivity contribution in [1.82, 2.24) is 24.5 Å². The number of hydrogen-bond acceptors (Lipinski definition) is 4. The first kappa shape index (κ1) is 18.5. The number of rotatable bonds is 4. The molecule has 0 aromatic carbocycles. The Balaban J connectivity index is 1.50. The summed E-state index contributed by atoms with van der Waals surface area (Å²) in [6, 6.07) is 5.41. The van der Waals surface area contributed by atoms with Gasteiger partial charge in [-0.25, -0.2) is 4.98 Å². The Bertz CT molecular complexity index is 1040.